The summed E-state index contributed by atoms with van der Waals surface area (Å²) in [5, 5.41) is 4.33. The lowest BCUT2D eigenvalue weighted by Crippen LogP contribution is -2.10. The highest BCUT2D eigenvalue weighted by atomic mass is 35.5. The molecule has 0 aliphatic heterocycles. The van der Waals surface area contributed by atoms with E-state index in [-0.39, 0.29) is 23.3 Å². The SMILES string of the molecule is O=C(Nc1ccc(OC(F)F)c(Cl)c1)c1cc(COc2cccc(F)c2)cs1. The van der Waals surface area contributed by atoms with Crippen LogP contribution in [-0.4, -0.2) is 12.5 Å². The molecule has 0 aliphatic carbocycles. The number of amides is 1. The van der Waals surface area contributed by atoms with Gasteiger partial charge in [-0.25, -0.2) is 4.39 Å². The van der Waals surface area contributed by atoms with Crippen LogP contribution >= 0.6 is 22.9 Å². The normalized spacial score (nSPS) is 10.8. The van der Waals surface area contributed by atoms with Crippen molar-refractivity contribution >= 4 is 34.5 Å². The molecule has 2 aromatic carbocycles. The molecule has 0 atom stereocenters. The van der Waals surface area contributed by atoms with Crippen LogP contribution in [0.5, 0.6) is 11.5 Å². The first kappa shape index (κ1) is 20.0. The van der Waals surface area contributed by atoms with Crippen LogP contribution in [0, 0.1) is 5.82 Å². The lowest BCUT2D eigenvalue weighted by atomic mass is 10.2. The molecule has 0 unspecified atom stereocenters. The zero-order valence-electron chi connectivity index (χ0n) is 14.1. The van der Waals surface area contributed by atoms with Crippen molar-refractivity contribution in [3.05, 3.63) is 75.2 Å². The fourth-order valence-corrected chi connectivity index (χ4v) is 3.27. The second-order valence-corrected chi connectivity index (χ2v) is 6.86. The number of ether oxygens (including phenoxy) is 2. The number of anilines is 1. The van der Waals surface area contributed by atoms with Gasteiger partial charge in [-0.1, -0.05) is 17.7 Å². The minimum absolute atomic E-state index is 0.0477. The fraction of sp³-hybridized carbons (Fsp3) is 0.105. The molecule has 4 nitrogen and oxygen atoms in total. The van der Waals surface area contributed by atoms with Gasteiger partial charge in [0.05, 0.1) is 9.90 Å². The van der Waals surface area contributed by atoms with Crippen LogP contribution in [0.1, 0.15) is 15.2 Å². The van der Waals surface area contributed by atoms with Crippen molar-refractivity contribution in [3.63, 3.8) is 0 Å². The largest absolute Gasteiger partial charge is 0.489 e. The van der Waals surface area contributed by atoms with Crippen LogP contribution < -0.4 is 14.8 Å². The van der Waals surface area contributed by atoms with Crippen LogP contribution in [0.3, 0.4) is 0 Å². The molecule has 0 radical (unpaired) electrons. The predicted molar refractivity (Wildman–Crippen MR) is 101 cm³/mol. The molecule has 1 amide bonds. The van der Waals surface area contributed by atoms with E-state index < -0.39 is 12.4 Å². The van der Waals surface area contributed by atoms with E-state index >= 15 is 0 Å². The molecule has 1 heterocycles. The number of hydrogen-bond acceptors (Lipinski definition) is 4. The Kier molecular flexibility index (Phi) is 6.43. The van der Waals surface area contributed by atoms with Crippen LogP contribution in [0.4, 0.5) is 18.9 Å². The number of halogens is 4. The lowest BCUT2D eigenvalue weighted by Gasteiger charge is -2.09. The van der Waals surface area contributed by atoms with Crippen molar-refractivity contribution in [2.45, 2.75) is 13.2 Å². The maximum absolute atomic E-state index is 13.1. The second-order valence-electron chi connectivity index (χ2n) is 5.54. The van der Waals surface area contributed by atoms with Gasteiger partial charge in [0, 0.05) is 17.3 Å². The standard InChI is InChI=1S/C19H13ClF3NO3S/c20-15-8-13(4-5-16(15)27-19(22)23)24-18(25)17-6-11(10-28-17)9-26-14-3-1-2-12(21)7-14/h1-8,10,19H,9H2,(H,24,25). The van der Waals surface area contributed by atoms with Crippen LogP contribution in [0.25, 0.3) is 0 Å². The summed E-state index contributed by atoms with van der Waals surface area (Å²) in [4.78, 5) is 12.8. The van der Waals surface area contributed by atoms with Crippen molar-refractivity contribution in [1.82, 2.24) is 0 Å². The minimum atomic E-state index is -2.99. The summed E-state index contributed by atoms with van der Waals surface area (Å²) in [5.41, 5.74) is 1.08. The number of nitrogens with one attached hydrogen (secondary N) is 1. The van der Waals surface area contributed by atoms with Gasteiger partial charge in [0.25, 0.3) is 5.91 Å². The molecule has 0 aliphatic rings. The van der Waals surface area contributed by atoms with Crippen molar-refractivity contribution in [2.24, 2.45) is 0 Å². The van der Waals surface area contributed by atoms with Crippen molar-refractivity contribution < 1.29 is 27.4 Å². The summed E-state index contributed by atoms with van der Waals surface area (Å²) >= 11 is 7.08. The summed E-state index contributed by atoms with van der Waals surface area (Å²) < 4.78 is 47.4. The van der Waals surface area contributed by atoms with Crippen molar-refractivity contribution in [1.29, 1.82) is 0 Å². The quantitative estimate of drug-likeness (QED) is 0.505. The Labute approximate surface area is 167 Å². The highest BCUT2D eigenvalue weighted by Crippen LogP contribution is 2.29. The summed E-state index contributed by atoms with van der Waals surface area (Å²) in [7, 11) is 0. The third kappa shape index (κ3) is 5.40. The molecule has 28 heavy (non-hydrogen) atoms. The molecule has 0 fully saturated rings. The zero-order chi connectivity index (χ0) is 20.1. The average molecular weight is 428 g/mol. The van der Waals surface area contributed by atoms with Gasteiger partial charge in [0.15, 0.2) is 0 Å². The number of alkyl halides is 2. The number of carbonyl (C=O) groups is 1. The molecular formula is C19H13ClF3NO3S. The van der Waals surface area contributed by atoms with Gasteiger partial charge >= 0.3 is 6.61 Å². The molecular weight excluding hydrogens is 415 g/mol. The van der Waals surface area contributed by atoms with Gasteiger partial charge in [-0.3, -0.25) is 4.79 Å². The van der Waals surface area contributed by atoms with E-state index in [0.717, 1.165) is 5.56 Å². The number of carbonyl (C=O) groups excluding carboxylic acids is 1. The summed E-state index contributed by atoms with van der Waals surface area (Å²) in [5.74, 6) is -0.576. The van der Waals surface area contributed by atoms with Crippen LogP contribution in [0.15, 0.2) is 53.9 Å². The highest BCUT2D eigenvalue weighted by Gasteiger charge is 2.13. The molecule has 1 aromatic heterocycles. The predicted octanol–water partition coefficient (Wildman–Crippen LogP) is 5.97. The third-order valence-corrected chi connectivity index (χ3v) is 4.76. The maximum Gasteiger partial charge on any atom is 0.387 e. The fourth-order valence-electron chi connectivity index (χ4n) is 2.26. The average Bonchev–Trinajstić information content (AvgIpc) is 3.11. The van der Waals surface area contributed by atoms with E-state index in [0.29, 0.717) is 16.3 Å². The number of thiophene rings is 1. The topological polar surface area (TPSA) is 47.6 Å². The van der Waals surface area contributed by atoms with Gasteiger partial charge in [-0.15, -0.1) is 11.3 Å². The second kappa shape index (κ2) is 8.99. The maximum atomic E-state index is 13.1. The highest BCUT2D eigenvalue weighted by molar-refractivity contribution is 7.12. The van der Waals surface area contributed by atoms with Crippen LogP contribution in [-0.2, 0) is 6.61 Å². The first-order valence-corrected chi connectivity index (χ1v) is 9.18. The van der Waals surface area contributed by atoms with Crippen LogP contribution in [0.2, 0.25) is 5.02 Å². The van der Waals surface area contributed by atoms with Gasteiger partial charge in [0.2, 0.25) is 0 Å². The van der Waals surface area contributed by atoms with E-state index in [1.54, 1.807) is 23.6 Å². The minimum Gasteiger partial charge on any atom is -0.489 e. The third-order valence-electron chi connectivity index (χ3n) is 3.48. The number of benzene rings is 2. The molecule has 1 N–H and O–H groups in total. The Hall–Kier alpha value is -2.71. The van der Waals surface area contributed by atoms with Gasteiger partial charge in [-0.05, 0) is 41.8 Å². The summed E-state index contributed by atoms with van der Waals surface area (Å²) in [6, 6.07) is 11.4. The van der Waals surface area contributed by atoms with Crippen molar-refractivity contribution in [2.75, 3.05) is 5.32 Å². The molecule has 0 saturated heterocycles. The van der Waals surface area contributed by atoms with Gasteiger partial charge < -0.3 is 14.8 Å². The first-order chi connectivity index (χ1) is 13.4. The number of rotatable bonds is 7. The summed E-state index contributed by atoms with van der Waals surface area (Å²) in [6.45, 7) is -2.81. The van der Waals surface area contributed by atoms with Gasteiger partial charge in [-0.2, -0.15) is 8.78 Å². The van der Waals surface area contributed by atoms with Gasteiger partial charge in [0.1, 0.15) is 23.9 Å². The van der Waals surface area contributed by atoms with E-state index in [1.165, 1.54) is 41.7 Å². The molecule has 0 bridgehead atoms. The molecule has 146 valence electrons. The Balaban J connectivity index is 1.60. The molecule has 9 heteroatoms. The smallest absolute Gasteiger partial charge is 0.387 e. The molecule has 0 saturated carbocycles. The molecule has 3 rings (SSSR count). The first-order valence-electron chi connectivity index (χ1n) is 7.92. The Morgan fingerprint density at radius 1 is 1.18 bits per heavy atom. The van der Waals surface area contributed by atoms with E-state index in [4.69, 9.17) is 16.3 Å². The molecule has 3 aromatic rings. The Morgan fingerprint density at radius 3 is 2.71 bits per heavy atom. The van der Waals surface area contributed by atoms with E-state index in [2.05, 4.69) is 10.1 Å². The monoisotopic (exact) mass is 427 g/mol. The Bertz CT molecular complexity index is 981. The molecule has 0 spiro atoms. The Morgan fingerprint density at radius 2 is 2.00 bits per heavy atom. The zero-order valence-corrected chi connectivity index (χ0v) is 15.7. The van der Waals surface area contributed by atoms with Crippen molar-refractivity contribution in [3.8, 4) is 11.5 Å². The number of hydrogen-bond donors (Lipinski definition) is 1. The van der Waals surface area contributed by atoms with E-state index in [1.807, 2.05) is 0 Å². The summed E-state index contributed by atoms with van der Waals surface area (Å²) in [6.07, 6.45) is 0. The lowest BCUT2D eigenvalue weighted by molar-refractivity contribution is -0.0497. The van der Waals surface area contributed by atoms with E-state index in [9.17, 15) is 18.0 Å².